The van der Waals surface area contributed by atoms with E-state index in [0.717, 1.165) is 24.2 Å². The Kier molecular flexibility index (Phi) is 5.30. The highest BCUT2D eigenvalue weighted by Gasteiger charge is 2.19. The Morgan fingerprint density at radius 2 is 1.69 bits per heavy atom. The summed E-state index contributed by atoms with van der Waals surface area (Å²) in [6.07, 6.45) is 1.58. The molecule has 0 bridgehead atoms. The van der Waals surface area contributed by atoms with Gasteiger partial charge in [-0.3, -0.25) is 4.79 Å². The lowest BCUT2D eigenvalue weighted by Gasteiger charge is -2.27. The lowest BCUT2D eigenvalue weighted by atomic mass is 10.1. The van der Waals surface area contributed by atoms with Crippen molar-refractivity contribution in [2.75, 3.05) is 31.9 Å². The average Bonchev–Trinajstić information content (AvgIpc) is 3.35. The molecule has 3 N–H and O–H groups in total. The first-order valence-corrected chi connectivity index (χ1v) is 10.3. The Morgan fingerprint density at radius 1 is 0.969 bits per heavy atom. The van der Waals surface area contributed by atoms with Gasteiger partial charge in [-0.15, -0.1) is 10.2 Å². The third-order valence-electron chi connectivity index (χ3n) is 5.28. The monoisotopic (exact) mass is 431 g/mol. The van der Waals surface area contributed by atoms with Crippen molar-refractivity contribution in [1.82, 2.24) is 30.4 Å². The highest BCUT2D eigenvalue weighted by molar-refractivity contribution is 5.94. The molecular weight excluding hydrogens is 406 g/mol. The van der Waals surface area contributed by atoms with E-state index < -0.39 is 0 Å². The minimum Gasteiger partial charge on any atom is -0.414 e. The highest BCUT2D eigenvalue weighted by Crippen LogP contribution is 2.28. The van der Waals surface area contributed by atoms with E-state index in [-0.39, 0.29) is 20.5 Å². The fourth-order valence-electron chi connectivity index (χ4n) is 3.55. The van der Waals surface area contributed by atoms with E-state index in [9.17, 15) is 4.79 Å². The van der Waals surface area contributed by atoms with Crippen LogP contribution >= 0.6 is 0 Å². The second-order valence-corrected chi connectivity index (χ2v) is 7.39. The van der Waals surface area contributed by atoms with E-state index in [1.165, 1.54) is 0 Å². The Bertz CT molecular complexity index is 1240. The molecule has 1 fully saturated rings. The third kappa shape index (κ3) is 3.93. The normalized spacial score (nSPS) is 13.8. The fourth-order valence-corrected chi connectivity index (χ4v) is 3.55. The number of benzene rings is 2. The molecule has 0 unspecified atom stereocenters. The Morgan fingerprint density at radius 3 is 2.44 bits per heavy atom. The molecular formula is C23H25N7O2. The number of nitrogens with one attached hydrogen (secondary N) is 1. The topological polar surface area (TPSA) is 123 Å². The van der Waals surface area contributed by atoms with Crippen molar-refractivity contribution in [3.05, 3.63) is 66.4 Å². The van der Waals surface area contributed by atoms with Crippen LogP contribution in [0.1, 0.15) is 13.2 Å². The number of nitrogens with two attached hydrogens (primary N) is 1. The Hall–Kier alpha value is -4.11. The molecule has 0 aliphatic carbocycles. The van der Waals surface area contributed by atoms with Crippen LogP contribution in [0.3, 0.4) is 0 Å². The largest absolute Gasteiger partial charge is 0.414 e. The van der Waals surface area contributed by atoms with Crippen molar-refractivity contribution in [3.63, 3.8) is 0 Å². The van der Waals surface area contributed by atoms with E-state index in [1.807, 2.05) is 47.4 Å². The number of hydrogen-bond acceptors (Lipinski definition) is 8. The van der Waals surface area contributed by atoms with E-state index in [1.54, 1.807) is 18.3 Å². The summed E-state index contributed by atoms with van der Waals surface area (Å²) in [7, 11) is 0. The van der Waals surface area contributed by atoms with Crippen LogP contribution in [0.4, 0.5) is 5.82 Å². The van der Waals surface area contributed by atoms with Crippen molar-refractivity contribution in [2.45, 2.75) is 0 Å². The van der Waals surface area contributed by atoms with Gasteiger partial charge in [0.05, 0.1) is 11.9 Å². The second kappa shape index (κ2) is 8.56. The standard InChI is InChI=1S/C23H21N7O2.2H2/c24-20-19(22-29-28-21(32-22)16-4-2-1-3-5-16)27-18(14-26-20)15-6-8-17(9-7-15)23(31)30-12-10-25-11-13-30;;/h1-9,14,25H,10-13H2,(H2,24,26);2*1H. The molecule has 5 rings (SSSR count). The van der Waals surface area contributed by atoms with Gasteiger partial charge >= 0.3 is 0 Å². The van der Waals surface area contributed by atoms with Gasteiger partial charge in [0.15, 0.2) is 11.5 Å². The fraction of sp³-hybridized carbons (Fsp3) is 0.174. The predicted octanol–water partition coefficient (Wildman–Crippen LogP) is 2.98. The van der Waals surface area contributed by atoms with Crippen LogP contribution in [0.15, 0.2) is 65.2 Å². The maximum absolute atomic E-state index is 12.7. The number of nitrogens with zero attached hydrogens (tertiary/aromatic N) is 5. The van der Waals surface area contributed by atoms with Gasteiger partial charge < -0.3 is 20.4 Å². The number of nitrogen functional groups attached to an aromatic ring is 1. The van der Waals surface area contributed by atoms with Crippen molar-refractivity contribution >= 4 is 11.7 Å². The summed E-state index contributed by atoms with van der Waals surface area (Å²) < 4.78 is 5.79. The second-order valence-electron chi connectivity index (χ2n) is 7.39. The molecule has 1 amide bonds. The average molecular weight is 432 g/mol. The molecule has 0 saturated carbocycles. The number of rotatable bonds is 4. The molecule has 1 saturated heterocycles. The molecule has 0 radical (unpaired) electrons. The molecule has 32 heavy (non-hydrogen) atoms. The van der Waals surface area contributed by atoms with Gasteiger partial charge in [-0.05, 0) is 24.3 Å². The van der Waals surface area contributed by atoms with Crippen LogP contribution in [0, 0.1) is 0 Å². The molecule has 2 aromatic carbocycles. The number of carbonyl (C=O) groups is 1. The third-order valence-corrected chi connectivity index (χ3v) is 5.28. The maximum atomic E-state index is 12.7. The van der Waals surface area contributed by atoms with E-state index in [2.05, 4.69) is 25.5 Å². The quantitative estimate of drug-likeness (QED) is 0.505. The zero-order chi connectivity index (χ0) is 21.9. The zero-order valence-electron chi connectivity index (χ0n) is 17.2. The van der Waals surface area contributed by atoms with E-state index in [4.69, 9.17) is 10.2 Å². The van der Waals surface area contributed by atoms with E-state index >= 15 is 0 Å². The Balaban J connectivity index is 0.00000162. The van der Waals surface area contributed by atoms with Crippen LogP contribution in [0.5, 0.6) is 0 Å². The van der Waals surface area contributed by atoms with Gasteiger partial charge in [0.2, 0.25) is 5.89 Å². The van der Waals surface area contributed by atoms with Gasteiger partial charge in [-0.2, -0.15) is 0 Å². The minimum atomic E-state index is 0. The van der Waals surface area contributed by atoms with Crippen LogP contribution < -0.4 is 11.1 Å². The summed E-state index contributed by atoms with van der Waals surface area (Å²) >= 11 is 0. The van der Waals surface area contributed by atoms with Crippen molar-refractivity contribution in [3.8, 4) is 34.3 Å². The number of piperazine rings is 1. The van der Waals surface area contributed by atoms with Gasteiger partial charge in [-0.1, -0.05) is 30.3 Å². The first kappa shape index (κ1) is 19.8. The molecule has 9 nitrogen and oxygen atoms in total. The predicted molar refractivity (Wildman–Crippen MR) is 124 cm³/mol. The summed E-state index contributed by atoms with van der Waals surface area (Å²) in [4.78, 5) is 23.4. The number of carbonyl (C=O) groups excluding carboxylic acids is 1. The molecule has 2 aromatic heterocycles. The van der Waals surface area contributed by atoms with Crippen molar-refractivity contribution in [2.24, 2.45) is 0 Å². The van der Waals surface area contributed by atoms with Gasteiger partial charge in [0.1, 0.15) is 0 Å². The first-order chi connectivity index (χ1) is 15.7. The lowest BCUT2D eigenvalue weighted by molar-refractivity contribution is 0.0736. The number of amides is 1. The number of anilines is 1. The Labute approximate surface area is 187 Å². The van der Waals surface area contributed by atoms with Gasteiger partial charge in [-0.25, -0.2) is 9.97 Å². The number of aromatic nitrogens is 4. The molecule has 9 heteroatoms. The summed E-state index contributed by atoms with van der Waals surface area (Å²) in [6.45, 7) is 3.05. The smallest absolute Gasteiger partial charge is 0.270 e. The molecule has 1 aliphatic rings. The molecule has 4 aromatic rings. The van der Waals surface area contributed by atoms with Crippen molar-refractivity contribution < 1.29 is 12.1 Å². The molecule has 0 spiro atoms. The zero-order valence-corrected chi connectivity index (χ0v) is 17.2. The molecule has 164 valence electrons. The maximum Gasteiger partial charge on any atom is 0.270 e. The molecule has 0 atom stereocenters. The first-order valence-electron chi connectivity index (χ1n) is 10.3. The summed E-state index contributed by atoms with van der Waals surface area (Å²) in [6, 6.07) is 16.8. The minimum absolute atomic E-state index is 0. The van der Waals surface area contributed by atoms with Crippen LogP contribution in [-0.2, 0) is 0 Å². The van der Waals surface area contributed by atoms with Crippen LogP contribution in [-0.4, -0.2) is 57.2 Å². The van der Waals surface area contributed by atoms with Gasteiger partial charge in [0, 0.05) is 45.7 Å². The SMILES string of the molecule is Nc1ncc(-c2ccc(C(=O)N3CCNCC3)cc2)nc1-c1nnc(-c2ccccc2)o1.[HH].[HH]. The summed E-state index contributed by atoms with van der Waals surface area (Å²) in [5.74, 6) is 0.799. The van der Waals surface area contributed by atoms with Gasteiger partial charge in [0.25, 0.3) is 11.8 Å². The summed E-state index contributed by atoms with van der Waals surface area (Å²) in [5.41, 5.74) is 9.20. The summed E-state index contributed by atoms with van der Waals surface area (Å²) in [5, 5.41) is 11.4. The molecule has 3 heterocycles. The van der Waals surface area contributed by atoms with Crippen LogP contribution in [0.2, 0.25) is 0 Å². The lowest BCUT2D eigenvalue weighted by Crippen LogP contribution is -2.46. The van der Waals surface area contributed by atoms with E-state index in [0.29, 0.717) is 35.9 Å². The van der Waals surface area contributed by atoms with Crippen LogP contribution in [0.25, 0.3) is 34.3 Å². The number of hydrogen-bond donors (Lipinski definition) is 2. The highest BCUT2D eigenvalue weighted by atomic mass is 16.4. The molecule has 1 aliphatic heterocycles. The van der Waals surface area contributed by atoms with Crippen molar-refractivity contribution in [1.29, 1.82) is 0 Å².